The van der Waals surface area contributed by atoms with Gasteiger partial charge in [0.2, 0.25) is 5.91 Å². The van der Waals surface area contributed by atoms with Gasteiger partial charge in [-0.3, -0.25) is 9.69 Å². The molecular formula is C22H26N4O. The van der Waals surface area contributed by atoms with Gasteiger partial charge in [0.25, 0.3) is 0 Å². The number of benzene rings is 2. The second-order valence-corrected chi connectivity index (χ2v) is 7.29. The molecular weight excluding hydrogens is 336 g/mol. The van der Waals surface area contributed by atoms with E-state index in [1.54, 1.807) is 0 Å². The Balaban J connectivity index is 1.61. The molecule has 140 valence electrons. The summed E-state index contributed by atoms with van der Waals surface area (Å²) in [5, 5.41) is 3.02. The van der Waals surface area contributed by atoms with E-state index in [9.17, 15) is 4.79 Å². The molecule has 5 heteroatoms. The van der Waals surface area contributed by atoms with Crippen molar-refractivity contribution in [3.63, 3.8) is 0 Å². The maximum absolute atomic E-state index is 12.5. The number of para-hydroxylation sites is 1. The predicted octanol–water partition coefficient (Wildman–Crippen LogP) is 4.08. The van der Waals surface area contributed by atoms with Crippen molar-refractivity contribution in [1.29, 1.82) is 0 Å². The molecule has 0 aliphatic carbocycles. The first-order valence-electron chi connectivity index (χ1n) is 9.31. The summed E-state index contributed by atoms with van der Waals surface area (Å²) >= 11 is 0. The van der Waals surface area contributed by atoms with Crippen molar-refractivity contribution in [2.24, 2.45) is 0 Å². The number of nitrogens with one attached hydrogen (secondary N) is 1. The average Bonchev–Trinajstić information content (AvgIpc) is 2.63. The molecule has 0 aromatic heterocycles. The Morgan fingerprint density at radius 3 is 2.33 bits per heavy atom. The Morgan fingerprint density at radius 2 is 1.74 bits per heavy atom. The number of rotatable bonds is 4. The summed E-state index contributed by atoms with van der Waals surface area (Å²) in [7, 11) is 0. The number of hydrogen-bond acceptors (Lipinski definition) is 3. The minimum Gasteiger partial charge on any atom is -0.364 e. The molecule has 0 bridgehead atoms. The molecule has 0 radical (unpaired) electrons. The number of aryl methyl sites for hydroxylation is 1. The van der Waals surface area contributed by atoms with Gasteiger partial charge in [0.1, 0.15) is 0 Å². The standard InChI is InChI=1S/C22H26N4O/c1-16-7-5-6-8-21(16)24-22(27)15-25-13-17(2)26(18(3)14-25)20-11-9-19(23-4)10-12-20/h5-12,17-18H,13-15H2,1-3H3,(H,24,27). The van der Waals surface area contributed by atoms with Gasteiger partial charge in [0, 0.05) is 36.5 Å². The van der Waals surface area contributed by atoms with Crippen LogP contribution in [-0.2, 0) is 4.79 Å². The SMILES string of the molecule is [C-]#[N+]c1ccc(N2C(C)CN(CC(=O)Nc3ccccc3C)CC2C)cc1. The zero-order valence-electron chi connectivity index (χ0n) is 16.1. The van der Waals surface area contributed by atoms with E-state index in [1.165, 1.54) is 0 Å². The minimum absolute atomic E-state index is 0.0264. The minimum atomic E-state index is 0.0264. The van der Waals surface area contributed by atoms with Crippen molar-refractivity contribution < 1.29 is 4.79 Å². The number of nitrogens with zero attached hydrogens (tertiary/aromatic N) is 3. The zero-order valence-corrected chi connectivity index (χ0v) is 16.1. The predicted molar refractivity (Wildman–Crippen MR) is 110 cm³/mol. The zero-order chi connectivity index (χ0) is 19.4. The van der Waals surface area contributed by atoms with Crippen molar-refractivity contribution in [2.75, 3.05) is 29.9 Å². The van der Waals surface area contributed by atoms with Gasteiger partial charge >= 0.3 is 0 Å². The Bertz CT molecular complexity index is 828. The fourth-order valence-corrected chi connectivity index (χ4v) is 3.88. The molecule has 0 saturated carbocycles. The van der Waals surface area contributed by atoms with Crippen molar-refractivity contribution in [1.82, 2.24) is 4.90 Å². The van der Waals surface area contributed by atoms with E-state index in [0.717, 1.165) is 30.0 Å². The number of carbonyl (C=O) groups excluding carboxylic acids is 1. The quantitative estimate of drug-likeness (QED) is 0.833. The number of amides is 1. The third-order valence-corrected chi connectivity index (χ3v) is 5.06. The normalized spacial score (nSPS) is 20.1. The van der Waals surface area contributed by atoms with E-state index in [1.807, 2.05) is 55.5 Å². The van der Waals surface area contributed by atoms with Gasteiger partial charge in [-0.1, -0.05) is 30.3 Å². The van der Waals surface area contributed by atoms with Crippen LogP contribution in [0, 0.1) is 13.5 Å². The lowest BCUT2D eigenvalue weighted by Crippen LogP contribution is -2.58. The second-order valence-electron chi connectivity index (χ2n) is 7.29. The van der Waals surface area contributed by atoms with Crippen LogP contribution in [-0.4, -0.2) is 42.5 Å². The van der Waals surface area contributed by atoms with E-state index in [2.05, 4.69) is 33.8 Å². The van der Waals surface area contributed by atoms with Gasteiger partial charge in [0.15, 0.2) is 5.69 Å². The molecule has 1 amide bonds. The summed E-state index contributed by atoms with van der Waals surface area (Å²) in [6, 6.07) is 16.2. The first kappa shape index (κ1) is 18.9. The maximum Gasteiger partial charge on any atom is 0.238 e. The number of piperazine rings is 1. The lowest BCUT2D eigenvalue weighted by Gasteiger charge is -2.45. The first-order valence-corrected chi connectivity index (χ1v) is 9.31. The van der Waals surface area contributed by atoms with E-state index in [4.69, 9.17) is 6.57 Å². The van der Waals surface area contributed by atoms with Gasteiger partial charge < -0.3 is 10.2 Å². The van der Waals surface area contributed by atoms with Crippen LogP contribution in [0.15, 0.2) is 48.5 Å². The second kappa shape index (κ2) is 8.24. The van der Waals surface area contributed by atoms with Crippen molar-refractivity contribution in [3.05, 3.63) is 65.5 Å². The fraction of sp³-hybridized carbons (Fsp3) is 0.364. The van der Waals surface area contributed by atoms with Gasteiger partial charge in [-0.25, -0.2) is 4.85 Å². The molecule has 2 aromatic carbocycles. The van der Waals surface area contributed by atoms with Crippen LogP contribution < -0.4 is 10.2 Å². The van der Waals surface area contributed by atoms with E-state index < -0.39 is 0 Å². The summed E-state index contributed by atoms with van der Waals surface area (Å²) in [5.41, 5.74) is 3.74. The monoisotopic (exact) mass is 362 g/mol. The van der Waals surface area contributed by atoms with Crippen molar-refractivity contribution in [3.8, 4) is 0 Å². The Hall–Kier alpha value is -2.84. The molecule has 2 unspecified atom stereocenters. The molecule has 3 rings (SSSR count). The number of hydrogen-bond donors (Lipinski definition) is 1. The first-order chi connectivity index (χ1) is 13.0. The highest BCUT2D eigenvalue weighted by molar-refractivity contribution is 5.93. The summed E-state index contributed by atoms with van der Waals surface area (Å²) in [6.07, 6.45) is 0. The van der Waals surface area contributed by atoms with Crippen molar-refractivity contribution in [2.45, 2.75) is 32.9 Å². The van der Waals surface area contributed by atoms with Crippen LogP contribution in [0.2, 0.25) is 0 Å². The molecule has 1 aliphatic heterocycles. The highest BCUT2D eigenvalue weighted by Crippen LogP contribution is 2.27. The van der Waals surface area contributed by atoms with Crippen LogP contribution >= 0.6 is 0 Å². The van der Waals surface area contributed by atoms with E-state index in [-0.39, 0.29) is 5.91 Å². The fourth-order valence-electron chi connectivity index (χ4n) is 3.88. The van der Waals surface area contributed by atoms with Gasteiger partial charge in [-0.15, -0.1) is 0 Å². The topological polar surface area (TPSA) is 39.9 Å². The molecule has 0 spiro atoms. The number of carbonyl (C=O) groups is 1. The summed E-state index contributed by atoms with van der Waals surface area (Å²) in [6.45, 7) is 15.5. The Kier molecular flexibility index (Phi) is 5.78. The molecule has 1 aliphatic rings. The van der Waals surface area contributed by atoms with Crippen molar-refractivity contribution >= 4 is 23.0 Å². The smallest absolute Gasteiger partial charge is 0.238 e. The Labute approximate surface area is 161 Å². The van der Waals surface area contributed by atoms with Gasteiger partial charge in [-0.2, -0.15) is 0 Å². The maximum atomic E-state index is 12.5. The lowest BCUT2D eigenvalue weighted by molar-refractivity contribution is -0.117. The highest BCUT2D eigenvalue weighted by atomic mass is 16.2. The number of anilines is 2. The van der Waals surface area contributed by atoms with Gasteiger partial charge in [0.05, 0.1) is 13.1 Å². The van der Waals surface area contributed by atoms with Crippen LogP contribution in [0.3, 0.4) is 0 Å². The average molecular weight is 362 g/mol. The summed E-state index contributed by atoms with van der Waals surface area (Å²) in [5.74, 6) is 0.0264. The van der Waals surface area contributed by atoms with E-state index in [0.29, 0.717) is 24.3 Å². The molecule has 1 fully saturated rings. The van der Waals surface area contributed by atoms with E-state index >= 15 is 0 Å². The molecule has 1 heterocycles. The van der Waals surface area contributed by atoms with Crippen LogP contribution in [0.1, 0.15) is 19.4 Å². The molecule has 5 nitrogen and oxygen atoms in total. The van der Waals surface area contributed by atoms with Crippen LogP contribution in [0.5, 0.6) is 0 Å². The summed E-state index contributed by atoms with van der Waals surface area (Å²) < 4.78 is 0. The molecule has 1 N–H and O–H groups in total. The Morgan fingerprint density at radius 1 is 1.11 bits per heavy atom. The highest BCUT2D eigenvalue weighted by Gasteiger charge is 2.30. The third kappa shape index (κ3) is 4.47. The summed E-state index contributed by atoms with van der Waals surface area (Å²) in [4.78, 5) is 20.5. The van der Waals surface area contributed by atoms with Crippen LogP contribution in [0.25, 0.3) is 4.85 Å². The van der Waals surface area contributed by atoms with Gasteiger partial charge in [-0.05, 0) is 44.5 Å². The van der Waals surface area contributed by atoms with Crippen LogP contribution in [0.4, 0.5) is 17.1 Å². The third-order valence-electron chi connectivity index (χ3n) is 5.06. The lowest BCUT2D eigenvalue weighted by atomic mass is 10.1. The molecule has 1 saturated heterocycles. The largest absolute Gasteiger partial charge is 0.364 e. The molecule has 27 heavy (non-hydrogen) atoms. The molecule has 2 aromatic rings. The molecule has 2 atom stereocenters.